The Kier molecular flexibility index (Phi) is 4.66. The minimum atomic E-state index is -0.271. The highest BCUT2D eigenvalue weighted by Crippen LogP contribution is 2.44. The summed E-state index contributed by atoms with van der Waals surface area (Å²) in [7, 11) is 4.76. The first-order valence-electron chi connectivity index (χ1n) is 7.19. The van der Waals surface area contributed by atoms with Crippen molar-refractivity contribution in [3.8, 4) is 38.8 Å². The first kappa shape index (κ1) is 16.3. The van der Waals surface area contributed by atoms with E-state index in [0.29, 0.717) is 17.2 Å². The maximum atomic E-state index is 13.2. The fourth-order valence-electron chi connectivity index (χ4n) is 2.48. The maximum Gasteiger partial charge on any atom is 0.164 e. The van der Waals surface area contributed by atoms with Crippen molar-refractivity contribution in [3.63, 3.8) is 0 Å². The largest absolute Gasteiger partial charge is 0.496 e. The van der Waals surface area contributed by atoms with Crippen molar-refractivity contribution in [3.05, 3.63) is 48.4 Å². The van der Waals surface area contributed by atoms with E-state index in [2.05, 4.69) is 4.37 Å². The summed E-state index contributed by atoms with van der Waals surface area (Å²) >= 11 is 1.34. The second-order valence-corrected chi connectivity index (χ2v) is 5.78. The van der Waals surface area contributed by atoms with E-state index in [1.165, 1.54) is 23.7 Å². The van der Waals surface area contributed by atoms with Crippen LogP contribution >= 0.6 is 11.5 Å². The first-order chi connectivity index (χ1) is 11.7. The Labute approximate surface area is 143 Å². The molecule has 0 saturated carbocycles. The fraction of sp³-hybridized carbons (Fsp3) is 0.167. The van der Waals surface area contributed by atoms with Gasteiger partial charge >= 0.3 is 0 Å². The van der Waals surface area contributed by atoms with Gasteiger partial charge in [-0.2, -0.15) is 4.37 Å². The number of rotatable bonds is 5. The summed E-state index contributed by atoms with van der Waals surface area (Å²) in [5.74, 6) is 1.57. The topological polar surface area (TPSA) is 40.6 Å². The molecule has 4 nitrogen and oxygen atoms in total. The molecule has 6 heteroatoms. The van der Waals surface area contributed by atoms with Gasteiger partial charge in [0, 0.05) is 23.4 Å². The quantitative estimate of drug-likeness (QED) is 0.675. The molecule has 0 aliphatic rings. The predicted molar refractivity (Wildman–Crippen MR) is 92.6 cm³/mol. The average Bonchev–Trinajstić information content (AvgIpc) is 3.10. The lowest BCUT2D eigenvalue weighted by atomic mass is 10.0. The summed E-state index contributed by atoms with van der Waals surface area (Å²) < 4.78 is 33.7. The number of hydrogen-bond acceptors (Lipinski definition) is 5. The second-order valence-electron chi connectivity index (χ2n) is 4.98. The van der Waals surface area contributed by atoms with Gasteiger partial charge in [-0.1, -0.05) is 12.1 Å². The van der Waals surface area contributed by atoms with Crippen molar-refractivity contribution in [2.75, 3.05) is 21.3 Å². The molecule has 124 valence electrons. The minimum Gasteiger partial charge on any atom is -0.496 e. The molecule has 24 heavy (non-hydrogen) atoms. The van der Waals surface area contributed by atoms with E-state index >= 15 is 0 Å². The third kappa shape index (κ3) is 2.92. The molecule has 0 radical (unpaired) electrons. The highest BCUT2D eigenvalue weighted by atomic mass is 32.1. The molecule has 3 rings (SSSR count). The lowest BCUT2D eigenvalue weighted by Crippen LogP contribution is -1.94. The Bertz CT molecular complexity index is 846. The highest BCUT2D eigenvalue weighted by molar-refractivity contribution is 7.10. The Hall–Kier alpha value is -2.60. The van der Waals surface area contributed by atoms with Gasteiger partial charge < -0.3 is 14.2 Å². The van der Waals surface area contributed by atoms with Crippen molar-refractivity contribution in [1.29, 1.82) is 0 Å². The monoisotopic (exact) mass is 345 g/mol. The van der Waals surface area contributed by atoms with Crippen molar-refractivity contribution in [2.45, 2.75) is 0 Å². The Morgan fingerprint density at radius 2 is 1.46 bits per heavy atom. The first-order valence-corrected chi connectivity index (χ1v) is 7.96. The van der Waals surface area contributed by atoms with Crippen LogP contribution in [0.3, 0.4) is 0 Å². The van der Waals surface area contributed by atoms with E-state index in [9.17, 15) is 4.39 Å². The van der Waals surface area contributed by atoms with E-state index in [1.807, 2.05) is 6.07 Å². The van der Waals surface area contributed by atoms with E-state index in [1.54, 1.807) is 45.7 Å². The van der Waals surface area contributed by atoms with Crippen LogP contribution in [0, 0.1) is 5.82 Å². The van der Waals surface area contributed by atoms with E-state index in [4.69, 9.17) is 14.2 Å². The lowest BCUT2D eigenvalue weighted by molar-refractivity contribution is 0.349. The van der Waals surface area contributed by atoms with Crippen molar-refractivity contribution >= 4 is 11.5 Å². The van der Waals surface area contributed by atoms with Crippen LogP contribution in [0.1, 0.15) is 0 Å². The molecule has 1 heterocycles. The zero-order chi connectivity index (χ0) is 17.1. The van der Waals surface area contributed by atoms with Gasteiger partial charge in [0.25, 0.3) is 0 Å². The zero-order valence-electron chi connectivity index (χ0n) is 13.5. The summed E-state index contributed by atoms with van der Waals surface area (Å²) in [4.78, 5) is 0.916. The molecular weight excluding hydrogens is 329 g/mol. The van der Waals surface area contributed by atoms with Crippen LogP contribution in [0.2, 0.25) is 0 Å². The molecule has 0 saturated heterocycles. The number of aromatic nitrogens is 1. The van der Waals surface area contributed by atoms with Gasteiger partial charge in [0.05, 0.1) is 26.2 Å². The standard InChI is InChI=1S/C18H16FNO3S/c1-21-15-9-17(23-3)16(22-2)8-13(15)18-14(10-20-24-18)11-4-6-12(19)7-5-11/h4-10H,1-3H3. The number of nitrogens with zero attached hydrogens (tertiary/aromatic N) is 1. The van der Waals surface area contributed by atoms with E-state index in [0.717, 1.165) is 21.6 Å². The van der Waals surface area contributed by atoms with Gasteiger partial charge in [-0.05, 0) is 35.3 Å². The maximum absolute atomic E-state index is 13.2. The molecule has 1 aromatic heterocycles. The lowest BCUT2D eigenvalue weighted by Gasteiger charge is -2.14. The van der Waals surface area contributed by atoms with Crippen molar-refractivity contribution < 1.29 is 18.6 Å². The molecule has 0 N–H and O–H groups in total. The molecule has 0 aliphatic carbocycles. The summed E-state index contributed by atoms with van der Waals surface area (Å²) in [5.41, 5.74) is 2.64. The number of halogens is 1. The third-order valence-electron chi connectivity index (χ3n) is 3.68. The Morgan fingerprint density at radius 3 is 2.08 bits per heavy atom. The van der Waals surface area contributed by atoms with Crippen molar-refractivity contribution in [1.82, 2.24) is 4.37 Å². The molecule has 0 bridgehead atoms. The van der Waals surface area contributed by atoms with E-state index < -0.39 is 0 Å². The van der Waals surface area contributed by atoms with Gasteiger partial charge in [0.15, 0.2) is 11.5 Å². The van der Waals surface area contributed by atoms with Gasteiger partial charge in [0.1, 0.15) is 11.6 Å². The highest BCUT2D eigenvalue weighted by Gasteiger charge is 2.18. The van der Waals surface area contributed by atoms with Crippen LogP contribution in [0.4, 0.5) is 4.39 Å². The van der Waals surface area contributed by atoms with Crippen LogP contribution in [-0.4, -0.2) is 25.7 Å². The molecule has 0 aliphatic heterocycles. The summed E-state index contributed by atoms with van der Waals surface area (Å²) in [6.07, 6.45) is 1.77. The second kappa shape index (κ2) is 6.88. The minimum absolute atomic E-state index is 0.271. The molecule has 0 atom stereocenters. The predicted octanol–water partition coefficient (Wildman–Crippen LogP) is 4.64. The van der Waals surface area contributed by atoms with Crippen LogP contribution < -0.4 is 14.2 Å². The number of benzene rings is 2. The Balaban J connectivity index is 2.16. The van der Waals surface area contributed by atoms with E-state index in [-0.39, 0.29) is 5.82 Å². The van der Waals surface area contributed by atoms with Gasteiger partial charge in [-0.25, -0.2) is 4.39 Å². The molecule has 3 aromatic rings. The van der Waals surface area contributed by atoms with Gasteiger partial charge in [-0.15, -0.1) is 0 Å². The summed E-state index contributed by atoms with van der Waals surface area (Å²) in [6, 6.07) is 9.97. The van der Waals surface area contributed by atoms with Crippen LogP contribution in [0.15, 0.2) is 42.6 Å². The van der Waals surface area contributed by atoms with Crippen molar-refractivity contribution in [2.24, 2.45) is 0 Å². The molecular formula is C18H16FNO3S. The third-order valence-corrected chi connectivity index (χ3v) is 4.51. The summed E-state index contributed by atoms with van der Waals surface area (Å²) in [6.45, 7) is 0. The smallest absolute Gasteiger partial charge is 0.164 e. The Morgan fingerprint density at radius 1 is 0.833 bits per heavy atom. The number of hydrogen-bond donors (Lipinski definition) is 0. The molecule has 0 amide bonds. The molecule has 0 fully saturated rings. The van der Waals surface area contributed by atoms with Crippen LogP contribution in [0.5, 0.6) is 17.2 Å². The number of ether oxygens (including phenoxy) is 3. The zero-order valence-corrected chi connectivity index (χ0v) is 14.3. The molecule has 0 unspecified atom stereocenters. The summed E-state index contributed by atoms with van der Waals surface area (Å²) in [5, 5.41) is 0. The SMILES string of the molecule is COc1cc(OC)c(-c2sncc2-c2ccc(F)cc2)cc1OC. The van der Waals surface area contributed by atoms with Crippen LogP contribution in [0.25, 0.3) is 21.6 Å². The van der Waals surface area contributed by atoms with Gasteiger partial charge in [0.2, 0.25) is 0 Å². The molecule has 0 spiro atoms. The van der Waals surface area contributed by atoms with Gasteiger partial charge in [-0.3, -0.25) is 0 Å². The normalized spacial score (nSPS) is 10.5. The number of methoxy groups -OCH3 is 3. The average molecular weight is 345 g/mol. The molecule has 2 aromatic carbocycles. The fourth-order valence-corrected chi connectivity index (χ4v) is 3.27. The van der Waals surface area contributed by atoms with Crippen LogP contribution in [-0.2, 0) is 0 Å².